The topological polar surface area (TPSA) is 44.1 Å². The van der Waals surface area contributed by atoms with E-state index in [1.165, 1.54) is 4.90 Å². The molecule has 0 spiro atoms. The Hall–Kier alpha value is -1.04. The highest BCUT2D eigenvalue weighted by atomic mass is 16.1. The first-order valence-electron chi connectivity index (χ1n) is 3.52. The molecule has 1 amide bonds. The molecule has 0 aromatic heterocycles. The third-order valence-corrected chi connectivity index (χ3v) is 1.95. The minimum absolute atomic E-state index is 0.197. The van der Waals surface area contributed by atoms with Crippen LogP contribution in [0.5, 0.6) is 0 Å². The molecule has 0 saturated heterocycles. The summed E-state index contributed by atoms with van der Waals surface area (Å²) in [7, 11) is 0. The molecule has 0 unspecified atom stereocenters. The molecule has 0 atom stereocenters. The van der Waals surface area contributed by atoms with Gasteiger partial charge in [0, 0.05) is 6.04 Å². The first kappa shape index (κ1) is 7.07. The molecule has 1 fully saturated rings. The van der Waals surface area contributed by atoms with E-state index < -0.39 is 0 Å². The zero-order valence-corrected chi connectivity index (χ0v) is 5.79. The van der Waals surface area contributed by atoms with Gasteiger partial charge in [0.25, 0.3) is 0 Å². The normalized spacial score (nSPS) is 18.3. The van der Waals surface area contributed by atoms with Gasteiger partial charge in [-0.05, 0) is 12.8 Å². The van der Waals surface area contributed by atoms with Crippen molar-refractivity contribution >= 4 is 6.41 Å². The second-order valence-electron chi connectivity index (χ2n) is 2.55. The monoisotopic (exact) mass is 138 g/mol. The van der Waals surface area contributed by atoms with Crippen LogP contribution in [0.3, 0.4) is 0 Å². The maximum absolute atomic E-state index is 10.2. The quantitative estimate of drug-likeness (QED) is 0.323. The number of hydrogen-bond acceptors (Lipinski definition) is 2. The molecule has 54 valence electrons. The van der Waals surface area contributed by atoms with Crippen molar-refractivity contribution in [1.29, 1.82) is 5.26 Å². The summed E-state index contributed by atoms with van der Waals surface area (Å²) in [5.41, 5.74) is 0. The van der Waals surface area contributed by atoms with Crippen LogP contribution in [-0.2, 0) is 4.79 Å². The Bertz CT molecular complexity index is 155. The lowest BCUT2D eigenvalue weighted by atomic mass is 10.2. The van der Waals surface area contributed by atoms with Gasteiger partial charge in [0.05, 0.1) is 0 Å². The Balaban J connectivity index is 2.46. The van der Waals surface area contributed by atoms with Gasteiger partial charge < -0.3 is 0 Å². The Labute approximate surface area is 60.2 Å². The number of nitriles is 1. The number of carbonyl (C=O) groups is 1. The molecule has 10 heavy (non-hydrogen) atoms. The van der Waals surface area contributed by atoms with Crippen LogP contribution < -0.4 is 0 Å². The summed E-state index contributed by atoms with van der Waals surface area (Å²) in [5.74, 6) is 0. The van der Waals surface area contributed by atoms with Crippen LogP contribution >= 0.6 is 0 Å². The fraction of sp³-hybridized carbons (Fsp3) is 0.714. The third-order valence-electron chi connectivity index (χ3n) is 1.95. The first-order chi connectivity index (χ1) is 4.88. The molecule has 1 rings (SSSR count). The van der Waals surface area contributed by atoms with Crippen molar-refractivity contribution in [1.82, 2.24) is 4.90 Å². The van der Waals surface area contributed by atoms with Gasteiger partial charge in [0.15, 0.2) is 6.19 Å². The molecule has 0 aliphatic heterocycles. The molecule has 0 aromatic rings. The van der Waals surface area contributed by atoms with Gasteiger partial charge in [-0.25, -0.2) is 4.90 Å². The molecule has 0 N–H and O–H groups in total. The van der Waals surface area contributed by atoms with Crippen molar-refractivity contribution in [2.45, 2.75) is 31.7 Å². The van der Waals surface area contributed by atoms with Gasteiger partial charge >= 0.3 is 0 Å². The average molecular weight is 138 g/mol. The van der Waals surface area contributed by atoms with E-state index in [4.69, 9.17) is 5.26 Å². The highest BCUT2D eigenvalue weighted by Gasteiger charge is 2.20. The lowest BCUT2D eigenvalue weighted by molar-refractivity contribution is -0.116. The molecule has 0 radical (unpaired) electrons. The summed E-state index contributed by atoms with van der Waals surface area (Å²) in [4.78, 5) is 11.4. The molecule has 1 aliphatic carbocycles. The van der Waals surface area contributed by atoms with E-state index in [-0.39, 0.29) is 6.04 Å². The first-order valence-corrected chi connectivity index (χ1v) is 3.52. The van der Waals surface area contributed by atoms with Crippen LogP contribution in [-0.4, -0.2) is 17.4 Å². The van der Waals surface area contributed by atoms with E-state index in [2.05, 4.69) is 0 Å². The lowest BCUT2D eigenvalue weighted by Gasteiger charge is -2.13. The van der Waals surface area contributed by atoms with Gasteiger partial charge in [0.2, 0.25) is 6.41 Å². The standard InChI is InChI=1S/C7H10N2O/c8-5-9(6-10)7-3-1-2-4-7/h6-7H,1-4H2. The van der Waals surface area contributed by atoms with E-state index in [1.54, 1.807) is 0 Å². The third kappa shape index (κ3) is 1.27. The van der Waals surface area contributed by atoms with Crippen LogP contribution in [0.4, 0.5) is 0 Å². The maximum atomic E-state index is 10.2. The molecule has 1 aliphatic rings. The van der Waals surface area contributed by atoms with Crippen molar-refractivity contribution in [3.63, 3.8) is 0 Å². The van der Waals surface area contributed by atoms with Gasteiger partial charge in [-0.3, -0.25) is 4.79 Å². The Morgan fingerprint density at radius 2 is 2.10 bits per heavy atom. The Kier molecular flexibility index (Phi) is 2.27. The number of rotatable bonds is 2. The molecule has 0 bridgehead atoms. The van der Waals surface area contributed by atoms with E-state index in [9.17, 15) is 4.79 Å². The van der Waals surface area contributed by atoms with Crippen molar-refractivity contribution in [3.8, 4) is 6.19 Å². The summed E-state index contributed by atoms with van der Waals surface area (Å²) in [6, 6.07) is 0.197. The smallest absolute Gasteiger partial charge is 0.223 e. The van der Waals surface area contributed by atoms with Crippen LogP contribution in [0.2, 0.25) is 0 Å². The molecular formula is C7H10N2O. The second kappa shape index (κ2) is 3.21. The largest absolute Gasteiger partial charge is 0.278 e. The lowest BCUT2D eigenvalue weighted by Crippen LogP contribution is -2.26. The second-order valence-corrected chi connectivity index (χ2v) is 2.55. The van der Waals surface area contributed by atoms with Gasteiger partial charge in [-0.2, -0.15) is 5.26 Å². The highest BCUT2D eigenvalue weighted by Crippen LogP contribution is 2.21. The molecule has 1 saturated carbocycles. The molecule has 3 heteroatoms. The summed E-state index contributed by atoms with van der Waals surface area (Å²) in [6.07, 6.45) is 6.76. The minimum atomic E-state index is 0.197. The van der Waals surface area contributed by atoms with Gasteiger partial charge in [0.1, 0.15) is 0 Å². The fourth-order valence-electron chi connectivity index (χ4n) is 1.37. The van der Waals surface area contributed by atoms with Crippen LogP contribution in [0, 0.1) is 11.5 Å². The van der Waals surface area contributed by atoms with Crippen molar-refractivity contribution in [3.05, 3.63) is 0 Å². The van der Waals surface area contributed by atoms with Crippen LogP contribution in [0.15, 0.2) is 0 Å². The number of hydrogen-bond donors (Lipinski definition) is 0. The minimum Gasteiger partial charge on any atom is -0.278 e. The van der Waals surface area contributed by atoms with Crippen molar-refractivity contribution < 1.29 is 4.79 Å². The van der Waals surface area contributed by atoms with Crippen LogP contribution in [0.1, 0.15) is 25.7 Å². The molecule has 3 nitrogen and oxygen atoms in total. The fourth-order valence-corrected chi connectivity index (χ4v) is 1.37. The van der Waals surface area contributed by atoms with Crippen molar-refractivity contribution in [2.24, 2.45) is 0 Å². The summed E-state index contributed by atoms with van der Waals surface area (Å²) < 4.78 is 0. The summed E-state index contributed by atoms with van der Waals surface area (Å²) in [6.45, 7) is 0. The predicted octanol–water partition coefficient (Wildman–Crippen LogP) is 0.868. The molecule has 0 aromatic carbocycles. The van der Waals surface area contributed by atoms with E-state index >= 15 is 0 Å². The highest BCUT2D eigenvalue weighted by molar-refractivity contribution is 5.50. The van der Waals surface area contributed by atoms with Gasteiger partial charge in [-0.1, -0.05) is 12.8 Å². The van der Waals surface area contributed by atoms with E-state index in [1.807, 2.05) is 6.19 Å². The van der Waals surface area contributed by atoms with Crippen LogP contribution in [0.25, 0.3) is 0 Å². The van der Waals surface area contributed by atoms with E-state index in [0.717, 1.165) is 25.7 Å². The number of nitrogens with zero attached hydrogens (tertiary/aromatic N) is 2. The predicted molar refractivity (Wildman–Crippen MR) is 35.8 cm³/mol. The Morgan fingerprint density at radius 3 is 2.50 bits per heavy atom. The molecule has 0 heterocycles. The summed E-state index contributed by atoms with van der Waals surface area (Å²) in [5, 5.41) is 8.43. The zero-order chi connectivity index (χ0) is 7.40. The number of carbonyl (C=O) groups excluding carboxylic acids is 1. The molecular weight excluding hydrogens is 128 g/mol. The summed E-state index contributed by atoms with van der Waals surface area (Å²) >= 11 is 0. The zero-order valence-electron chi connectivity index (χ0n) is 5.79. The maximum Gasteiger partial charge on any atom is 0.223 e. The number of amides is 1. The van der Waals surface area contributed by atoms with E-state index in [0.29, 0.717) is 6.41 Å². The van der Waals surface area contributed by atoms with Gasteiger partial charge in [-0.15, -0.1) is 0 Å². The Morgan fingerprint density at radius 1 is 1.50 bits per heavy atom. The SMILES string of the molecule is N#CN(C=O)C1CCCC1. The van der Waals surface area contributed by atoms with Crippen molar-refractivity contribution in [2.75, 3.05) is 0 Å². The average Bonchev–Trinajstić information content (AvgIpc) is 2.43.